The number of rotatable bonds is 3. The summed E-state index contributed by atoms with van der Waals surface area (Å²) in [5, 5.41) is 11.0. The van der Waals surface area contributed by atoms with Crippen LogP contribution in [0.4, 0.5) is 14.5 Å². The Bertz CT molecular complexity index is 734. The molecule has 0 aliphatic rings. The number of carboxylic acids is 1. The molecule has 108 valence electrons. The van der Waals surface area contributed by atoms with Gasteiger partial charge >= 0.3 is 5.97 Å². The normalized spacial score (nSPS) is 10.2. The lowest BCUT2D eigenvalue weighted by atomic mass is 10.1. The molecule has 0 aliphatic heterocycles. The minimum absolute atomic E-state index is 0.0256. The Morgan fingerprint density at radius 3 is 2.38 bits per heavy atom. The fraction of sp³-hybridized carbons (Fsp3) is 0. The van der Waals surface area contributed by atoms with Gasteiger partial charge in [-0.25, -0.2) is 13.6 Å². The molecule has 0 bridgehead atoms. The van der Waals surface area contributed by atoms with Gasteiger partial charge in [-0.2, -0.15) is 0 Å². The molecule has 0 atom stereocenters. The predicted molar refractivity (Wildman–Crippen MR) is 75.4 cm³/mol. The molecule has 4 nitrogen and oxygen atoms in total. The van der Waals surface area contributed by atoms with Crippen LogP contribution in [0.25, 0.3) is 0 Å². The lowest BCUT2D eigenvalue weighted by Crippen LogP contribution is -2.14. The average Bonchev–Trinajstić information content (AvgIpc) is 2.44. The van der Waals surface area contributed by atoms with E-state index in [1.54, 1.807) is 0 Å². The first-order valence-electron chi connectivity index (χ1n) is 5.67. The number of benzene rings is 2. The molecule has 7 heteroatoms. The maximum atomic E-state index is 13.6. The van der Waals surface area contributed by atoms with E-state index in [0.717, 1.165) is 18.2 Å². The zero-order valence-corrected chi connectivity index (χ0v) is 11.9. The zero-order valence-electron chi connectivity index (χ0n) is 10.4. The van der Waals surface area contributed by atoms with Gasteiger partial charge in [0.1, 0.15) is 11.6 Å². The maximum Gasteiger partial charge on any atom is 0.335 e. The second kappa shape index (κ2) is 6.01. The highest BCUT2D eigenvalue weighted by molar-refractivity contribution is 9.10. The van der Waals surface area contributed by atoms with Gasteiger partial charge in [-0.1, -0.05) is 6.07 Å². The third-order valence-electron chi connectivity index (χ3n) is 2.63. The standard InChI is InChI=1S/C14H8BrF2NO3/c15-9-5-11(17)12(6-10(9)16)18-13(19)7-2-1-3-8(4-7)14(20)21/h1-6H,(H,18,19)(H,20,21). The fourth-order valence-corrected chi connectivity index (χ4v) is 1.92. The molecule has 0 saturated heterocycles. The molecule has 0 aliphatic carbocycles. The van der Waals surface area contributed by atoms with E-state index in [1.807, 2.05) is 0 Å². The summed E-state index contributed by atoms with van der Waals surface area (Å²) in [6.45, 7) is 0. The van der Waals surface area contributed by atoms with Crippen LogP contribution in [0.15, 0.2) is 40.9 Å². The van der Waals surface area contributed by atoms with Crippen LogP contribution < -0.4 is 5.32 Å². The number of nitrogens with one attached hydrogen (secondary N) is 1. The molecule has 0 aromatic heterocycles. The molecule has 2 N–H and O–H groups in total. The van der Waals surface area contributed by atoms with E-state index in [0.29, 0.717) is 0 Å². The quantitative estimate of drug-likeness (QED) is 0.825. The number of halogens is 3. The van der Waals surface area contributed by atoms with Crippen molar-refractivity contribution in [3.8, 4) is 0 Å². The van der Waals surface area contributed by atoms with Crippen molar-refractivity contribution in [2.45, 2.75) is 0 Å². The maximum absolute atomic E-state index is 13.6. The van der Waals surface area contributed by atoms with Gasteiger partial charge in [-0.15, -0.1) is 0 Å². The SMILES string of the molecule is O=C(O)c1cccc(C(=O)Nc2cc(F)c(Br)cc2F)c1. The van der Waals surface area contributed by atoms with Crippen molar-refractivity contribution < 1.29 is 23.5 Å². The van der Waals surface area contributed by atoms with Crippen LogP contribution in [0.3, 0.4) is 0 Å². The summed E-state index contributed by atoms with van der Waals surface area (Å²) >= 11 is 2.82. The highest BCUT2D eigenvalue weighted by atomic mass is 79.9. The summed E-state index contributed by atoms with van der Waals surface area (Å²) < 4.78 is 26.9. The summed E-state index contributed by atoms with van der Waals surface area (Å²) in [7, 11) is 0. The second-order valence-corrected chi connectivity index (χ2v) is 4.94. The molecule has 2 rings (SSSR count). The Morgan fingerprint density at radius 2 is 1.71 bits per heavy atom. The van der Waals surface area contributed by atoms with Crippen molar-refractivity contribution in [2.75, 3.05) is 5.32 Å². The minimum Gasteiger partial charge on any atom is -0.478 e. The van der Waals surface area contributed by atoms with Gasteiger partial charge in [0.2, 0.25) is 0 Å². The van der Waals surface area contributed by atoms with Gasteiger partial charge in [0, 0.05) is 11.6 Å². The summed E-state index contributed by atoms with van der Waals surface area (Å²) in [6, 6.07) is 6.94. The average molecular weight is 356 g/mol. The first kappa shape index (κ1) is 15.1. The van der Waals surface area contributed by atoms with Crippen LogP contribution in [-0.4, -0.2) is 17.0 Å². The molecule has 2 aromatic carbocycles. The van der Waals surface area contributed by atoms with Crippen molar-refractivity contribution in [3.63, 3.8) is 0 Å². The molecule has 0 heterocycles. The van der Waals surface area contributed by atoms with Crippen molar-refractivity contribution in [1.82, 2.24) is 0 Å². The lowest BCUT2D eigenvalue weighted by molar-refractivity contribution is 0.0697. The number of hydrogen-bond acceptors (Lipinski definition) is 2. The number of anilines is 1. The summed E-state index contributed by atoms with van der Waals surface area (Å²) in [5.74, 6) is -3.47. The summed E-state index contributed by atoms with van der Waals surface area (Å²) in [6.07, 6.45) is 0. The Morgan fingerprint density at radius 1 is 1.05 bits per heavy atom. The highest BCUT2D eigenvalue weighted by Gasteiger charge is 2.14. The first-order valence-corrected chi connectivity index (χ1v) is 6.47. The van der Waals surface area contributed by atoms with Crippen LogP contribution in [0.5, 0.6) is 0 Å². The van der Waals surface area contributed by atoms with Crippen LogP contribution in [-0.2, 0) is 0 Å². The van der Waals surface area contributed by atoms with E-state index in [9.17, 15) is 18.4 Å². The van der Waals surface area contributed by atoms with E-state index in [4.69, 9.17) is 5.11 Å². The van der Waals surface area contributed by atoms with E-state index in [2.05, 4.69) is 21.2 Å². The molecular formula is C14H8BrF2NO3. The molecule has 0 radical (unpaired) electrons. The number of amides is 1. The minimum atomic E-state index is -1.19. The van der Waals surface area contributed by atoms with Crippen molar-refractivity contribution in [2.24, 2.45) is 0 Å². The van der Waals surface area contributed by atoms with Crippen molar-refractivity contribution in [3.05, 3.63) is 63.6 Å². The largest absolute Gasteiger partial charge is 0.478 e. The van der Waals surface area contributed by atoms with Gasteiger partial charge in [0.25, 0.3) is 5.91 Å². The molecule has 0 unspecified atom stereocenters. The third-order valence-corrected chi connectivity index (χ3v) is 3.24. The van der Waals surface area contributed by atoms with E-state index < -0.39 is 23.5 Å². The number of carboxylic acid groups (broad SMARTS) is 1. The predicted octanol–water partition coefficient (Wildman–Crippen LogP) is 3.68. The molecule has 0 spiro atoms. The fourth-order valence-electron chi connectivity index (χ4n) is 1.61. The second-order valence-electron chi connectivity index (χ2n) is 4.09. The van der Waals surface area contributed by atoms with Gasteiger partial charge in [-0.05, 0) is 40.2 Å². The van der Waals surface area contributed by atoms with Crippen LogP contribution in [0, 0.1) is 11.6 Å². The monoisotopic (exact) mass is 355 g/mol. The third kappa shape index (κ3) is 3.43. The number of aromatic carboxylic acids is 1. The van der Waals surface area contributed by atoms with Crippen molar-refractivity contribution >= 4 is 33.5 Å². The Kier molecular flexibility index (Phi) is 4.32. The molecule has 1 amide bonds. The number of carbonyl (C=O) groups excluding carboxylic acids is 1. The van der Waals surface area contributed by atoms with Gasteiger partial charge in [0.15, 0.2) is 0 Å². The van der Waals surface area contributed by atoms with E-state index >= 15 is 0 Å². The van der Waals surface area contributed by atoms with E-state index in [-0.39, 0.29) is 21.3 Å². The van der Waals surface area contributed by atoms with Crippen LogP contribution >= 0.6 is 15.9 Å². The number of carbonyl (C=O) groups is 2. The van der Waals surface area contributed by atoms with Crippen LogP contribution in [0.2, 0.25) is 0 Å². The zero-order chi connectivity index (χ0) is 15.6. The summed E-state index contributed by atoms with van der Waals surface area (Å²) in [5.41, 5.74) is -0.385. The summed E-state index contributed by atoms with van der Waals surface area (Å²) in [4.78, 5) is 22.8. The molecule has 0 fully saturated rings. The Balaban J connectivity index is 2.28. The molecule has 0 saturated carbocycles. The van der Waals surface area contributed by atoms with E-state index in [1.165, 1.54) is 18.2 Å². The van der Waals surface area contributed by atoms with Gasteiger partial charge in [0.05, 0.1) is 15.7 Å². The first-order chi connectivity index (χ1) is 9.88. The Hall–Kier alpha value is -2.28. The molecular weight excluding hydrogens is 348 g/mol. The topological polar surface area (TPSA) is 66.4 Å². The van der Waals surface area contributed by atoms with Crippen LogP contribution in [0.1, 0.15) is 20.7 Å². The smallest absolute Gasteiger partial charge is 0.335 e. The van der Waals surface area contributed by atoms with Gasteiger partial charge in [-0.3, -0.25) is 4.79 Å². The molecule has 21 heavy (non-hydrogen) atoms. The van der Waals surface area contributed by atoms with Crippen molar-refractivity contribution in [1.29, 1.82) is 0 Å². The Labute approximate surface area is 126 Å². The van der Waals surface area contributed by atoms with Gasteiger partial charge < -0.3 is 10.4 Å². The number of hydrogen-bond donors (Lipinski definition) is 2. The highest BCUT2D eigenvalue weighted by Crippen LogP contribution is 2.23. The molecule has 2 aromatic rings. The lowest BCUT2D eigenvalue weighted by Gasteiger charge is -2.08.